The molecule has 0 spiro atoms. The van der Waals surface area contributed by atoms with E-state index in [1.165, 1.54) is 37.7 Å². The van der Waals surface area contributed by atoms with Crippen molar-refractivity contribution < 1.29 is 23.7 Å². The molecule has 3 aliphatic rings. The van der Waals surface area contributed by atoms with Crippen LogP contribution in [0.4, 0.5) is 0 Å². The van der Waals surface area contributed by atoms with Crippen LogP contribution < -0.4 is 14.2 Å². The quantitative estimate of drug-likeness (QED) is 0.616. The number of nitrogens with zero attached hydrogens (tertiary/aromatic N) is 1. The van der Waals surface area contributed by atoms with Crippen LogP contribution in [0.2, 0.25) is 0 Å². The molecule has 1 aliphatic carbocycles. The van der Waals surface area contributed by atoms with Gasteiger partial charge in [-0.05, 0) is 60.6 Å². The number of ether oxygens (including phenoxy) is 4. The van der Waals surface area contributed by atoms with E-state index < -0.39 is 0 Å². The summed E-state index contributed by atoms with van der Waals surface area (Å²) < 4.78 is 22.8. The number of carbonyl (C=O) groups excluding carboxylic acids is 1. The number of amides is 1. The molecule has 176 valence electrons. The van der Waals surface area contributed by atoms with E-state index >= 15 is 0 Å². The fourth-order valence-corrected chi connectivity index (χ4v) is 5.35. The summed E-state index contributed by atoms with van der Waals surface area (Å²) in [7, 11) is 1.81. The number of hydrogen-bond acceptors (Lipinski definition) is 5. The van der Waals surface area contributed by atoms with Gasteiger partial charge in [-0.3, -0.25) is 4.79 Å². The number of hydrogen-bond donors (Lipinski definition) is 0. The fraction of sp³-hybridized carbons (Fsp3) is 0.519. The third-order valence-electron chi connectivity index (χ3n) is 7.14. The minimum Gasteiger partial charge on any atom is -0.491 e. The minimum absolute atomic E-state index is 0.106. The number of methoxy groups -OCH3 is 1. The molecule has 1 saturated carbocycles. The van der Waals surface area contributed by atoms with Crippen LogP contribution in [-0.4, -0.2) is 37.9 Å². The van der Waals surface area contributed by atoms with Gasteiger partial charge in [-0.25, -0.2) is 0 Å². The number of rotatable bonds is 6. The first kappa shape index (κ1) is 22.1. The lowest BCUT2D eigenvalue weighted by molar-refractivity contribution is -0.131. The van der Waals surface area contributed by atoms with Crippen molar-refractivity contribution in [1.82, 2.24) is 4.90 Å². The highest BCUT2D eigenvalue weighted by atomic mass is 16.7. The predicted octanol–water partition coefficient (Wildman–Crippen LogP) is 5.04. The first-order valence-electron chi connectivity index (χ1n) is 12.2. The standard InChI is InChI=1S/C27H33NO5/c1-30-27(20-5-3-2-4-6-20)21-9-11-23-22(16-21)17-28(13-14-31-23)26(29)12-8-19-7-10-24-25(15-19)33-18-32-24/h7,9-11,15-16,20,27H,2-6,8,12-14,17-18H2,1H3. The van der Waals surface area contributed by atoms with Gasteiger partial charge in [-0.1, -0.05) is 31.4 Å². The minimum atomic E-state index is 0.106. The zero-order chi connectivity index (χ0) is 22.6. The van der Waals surface area contributed by atoms with E-state index in [2.05, 4.69) is 18.2 Å². The Kier molecular flexibility index (Phi) is 6.72. The fourth-order valence-electron chi connectivity index (χ4n) is 5.35. The lowest BCUT2D eigenvalue weighted by Crippen LogP contribution is -2.32. The van der Waals surface area contributed by atoms with Crippen molar-refractivity contribution in [3.63, 3.8) is 0 Å². The maximum absolute atomic E-state index is 13.1. The van der Waals surface area contributed by atoms with Gasteiger partial charge in [0.2, 0.25) is 12.7 Å². The maximum atomic E-state index is 13.1. The molecule has 0 bridgehead atoms. The summed E-state index contributed by atoms with van der Waals surface area (Å²) in [6, 6.07) is 12.3. The molecule has 1 fully saturated rings. The Hall–Kier alpha value is -2.73. The van der Waals surface area contributed by atoms with E-state index in [0.717, 1.165) is 28.4 Å². The van der Waals surface area contributed by atoms with Gasteiger partial charge < -0.3 is 23.8 Å². The molecule has 5 rings (SSSR count). The highest BCUT2D eigenvalue weighted by molar-refractivity contribution is 5.76. The van der Waals surface area contributed by atoms with E-state index in [9.17, 15) is 4.79 Å². The van der Waals surface area contributed by atoms with Crippen LogP contribution in [0.5, 0.6) is 17.2 Å². The molecule has 2 heterocycles. The Morgan fingerprint density at radius 2 is 1.85 bits per heavy atom. The first-order chi connectivity index (χ1) is 16.2. The second-order valence-electron chi connectivity index (χ2n) is 9.27. The van der Waals surface area contributed by atoms with Gasteiger partial charge in [-0.15, -0.1) is 0 Å². The monoisotopic (exact) mass is 451 g/mol. The molecule has 2 aliphatic heterocycles. The van der Waals surface area contributed by atoms with Crippen LogP contribution in [0.1, 0.15) is 61.3 Å². The van der Waals surface area contributed by atoms with E-state index in [1.54, 1.807) is 0 Å². The van der Waals surface area contributed by atoms with Crippen molar-refractivity contribution in [2.75, 3.05) is 27.1 Å². The van der Waals surface area contributed by atoms with Gasteiger partial charge in [-0.2, -0.15) is 0 Å². The number of aryl methyl sites for hydroxylation is 1. The number of fused-ring (bicyclic) bond motifs is 2. The van der Waals surface area contributed by atoms with E-state index in [4.69, 9.17) is 18.9 Å². The van der Waals surface area contributed by atoms with Gasteiger partial charge in [0.15, 0.2) is 11.5 Å². The summed E-state index contributed by atoms with van der Waals surface area (Å²) in [5, 5.41) is 0. The highest BCUT2D eigenvalue weighted by Gasteiger charge is 2.27. The molecule has 0 N–H and O–H groups in total. The SMILES string of the molecule is COC(c1ccc2c(c1)CN(C(=O)CCc1ccc3c(c1)OCO3)CCO2)C1CCCCC1. The van der Waals surface area contributed by atoms with Crippen molar-refractivity contribution in [3.8, 4) is 17.2 Å². The van der Waals surface area contributed by atoms with Crippen LogP contribution in [0.25, 0.3) is 0 Å². The summed E-state index contributed by atoms with van der Waals surface area (Å²) in [6.07, 6.45) is 7.56. The molecular weight excluding hydrogens is 418 g/mol. The lowest BCUT2D eigenvalue weighted by Gasteiger charge is -2.30. The van der Waals surface area contributed by atoms with E-state index in [-0.39, 0.29) is 18.8 Å². The molecule has 0 radical (unpaired) electrons. The third-order valence-corrected chi connectivity index (χ3v) is 7.14. The maximum Gasteiger partial charge on any atom is 0.231 e. The second-order valence-corrected chi connectivity index (χ2v) is 9.27. The largest absolute Gasteiger partial charge is 0.491 e. The molecule has 1 unspecified atom stereocenters. The molecule has 6 nitrogen and oxygen atoms in total. The smallest absolute Gasteiger partial charge is 0.231 e. The molecule has 0 saturated heterocycles. The Balaban J connectivity index is 1.26. The second kappa shape index (κ2) is 10.0. The van der Waals surface area contributed by atoms with Crippen LogP contribution in [0.3, 0.4) is 0 Å². The van der Waals surface area contributed by atoms with Crippen LogP contribution in [-0.2, 0) is 22.5 Å². The third kappa shape index (κ3) is 4.96. The summed E-state index contributed by atoms with van der Waals surface area (Å²) in [5.74, 6) is 3.11. The Morgan fingerprint density at radius 1 is 1.03 bits per heavy atom. The normalized spacial score (nSPS) is 18.9. The van der Waals surface area contributed by atoms with Crippen LogP contribution >= 0.6 is 0 Å². The van der Waals surface area contributed by atoms with E-state index in [0.29, 0.717) is 38.5 Å². The van der Waals surface area contributed by atoms with Crippen LogP contribution in [0, 0.1) is 5.92 Å². The van der Waals surface area contributed by atoms with Gasteiger partial charge in [0, 0.05) is 25.6 Å². The van der Waals surface area contributed by atoms with Gasteiger partial charge in [0.25, 0.3) is 0 Å². The van der Waals surface area contributed by atoms with Gasteiger partial charge >= 0.3 is 0 Å². The van der Waals surface area contributed by atoms with Gasteiger partial charge in [0.1, 0.15) is 12.4 Å². The lowest BCUT2D eigenvalue weighted by atomic mass is 9.82. The highest BCUT2D eigenvalue weighted by Crippen LogP contribution is 2.38. The summed E-state index contributed by atoms with van der Waals surface area (Å²) in [4.78, 5) is 15.0. The molecule has 6 heteroatoms. The topological polar surface area (TPSA) is 57.2 Å². The molecule has 33 heavy (non-hydrogen) atoms. The summed E-state index contributed by atoms with van der Waals surface area (Å²) in [5.41, 5.74) is 3.34. The van der Waals surface area contributed by atoms with Crippen molar-refractivity contribution >= 4 is 5.91 Å². The molecular formula is C27H33NO5. The van der Waals surface area contributed by atoms with Crippen molar-refractivity contribution in [2.24, 2.45) is 5.92 Å². The average Bonchev–Trinajstić information content (AvgIpc) is 3.21. The van der Waals surface area contributed by atoms with Crippen molar-refractivity contribution in [2.45, 2.75) is 57.6 Å². The van der Waals surface area contributed by atoms with Gasteiger partial charge in [0.05, 0.1) is 12.6 Å². The first-order valence-corrected chi connectivity index (χ1v) is 12.2. The summed E-state index contributed by atoms with van der Waals surface area (Å²) in [6.45, 7) is 1.95. The number of benzene rings is 2. The molecule has 2 aromatic carbocycles. The Labute approximate surface area is 195 Å². The van der Waals surface area contributed by atoms with Crippen molar-refractivity contribution in [1.29, 1.82) is 0 Å². The average molecular weight is 452 g/mol. The van der Waals surface area contributed by atoms with Crippen molar-refractivity contribution in [3.05, 3.63) is 53.1 Å². The number of carbonyl (C=O) groups is 1. The Morgan fingerprint density at radius 3 is 2.70 bits per heavy atom. The zero-order valence-corrected chi connectivity index (χ0v) is 19.4. The Bertz CT molecular complexity index is 984. The van der Waals surface area contributed by atoms with E-state index in [1.807, 2.05) is 30.2 Å². The molecule has 0 aromatic heterocycles. The molecule has 1 amide bonds. The zero-order valence-electron chi connectivity index (χ0n) is 19.4. The molecule has 1 atom stereocenters. The summed E-state index contributed by atoms with van der Waals surface area (Å²) >= 11 is 0. The van der Waals surface area contributed by atoms with Crippen LogP contribution in [0.15, 0.2) is 36.4 Å². The predicted molar refractivity (Wildman–Crippen MR) is 125 cm³/mol. The molecule has 2 aromatic rings.